The zero-order valence-electron chi connectivity index (χ0n) is 16.7. The summed E-state index contributed by atoms with van der Waals surface area (Å²) in [6.45, 7) is 4.26. The number of carbonyl (C=O) groups excluding carboxylic acids is 3. The first-order chi connectivity index (χ1) is 13.4. The van der Waals surface area contributed by atoms with E-state index in [1.165, 1.54) is 6.92 Å². The molecule has 0 spiro atoms. The number of carboxylic acids is 2. The molecule has 0 radical (unpaired) electrons. The molecule has 0 aliphatic carbocycles. The van der Waals surface area contributed by atoms with Gasteiger partial charge in [0.2, 0.25) is 17.7 Å². The molecule has 12 nitrogen and oxygen atoms in total. The number of hydrogen-bond acceptors (Lipinski definition) is 7. The summed E-state index contributed by atoms with van der Waals surface area (Å²) < 4.78 is 0. The van der Waals surface area contributed by atoms with Crippen molar-refractivity contribution in [1.82, 2.24) is 16.0 Å². The number of carbonyl (C=O) groups is 5. The minimum absolute atomic E-state index is 0.333. The first-order valence-corrected chi connectivity index (χ1v) is 9.17. The molecule has 0 aromatic rings. The Morgan fingerprint density at radius 1 is 0.931 bits per heavy atom. The van der Waals surface area contributed by atoms with Gasteiger partial charge in [0.15, 0.2) is 0 Å². The lowest BCUT2D eigenvalue weighted by atomic mass is 9.97. The van der Waals surface area contributed by atoms with Gasteiger partial charge in [-0.3, -0.25) is 19.2 Å². The van der Waals surface area contributed by atoms with Crippen LogP contribution in [0.4, 0.5) is 0 Å². The third-order valence-electron chi connectivity index (χ3n) is 4.32. The normalized spacial score (nSPS) is 15.9. The van der Waals surface area contributed by atoms with Crippen LogP contribution >= 0.6 is 0 Å². The molecule has 0 heterocycles. The number of amides is 3. The average Bonchev–Trinajstić information content (AvgIpc) is 2.65. The van der Waals surface area contributed by atoms with E-state index in [1.807, 2.05) is 0 Å². The fraction of sp³-hybridized carbons (Fsp3) is 0.706. The second-order valence-corrected chi connectivity index (χ2v) is 6.69. The van der Waals surface area contributed by atoms with Crippen molar-refractivity contribution in [3.63, 3.8) is 0 Å². The van der Waals surface area contributed by atoms with E-state index in [4.69, 9.17) is 10.8 Å². The maximum Gasteiger partial charge on any atom is 0.326 e. The van der Waals surface area contributed by atoms with Crippen LogP contribution in [0.1, 0.15) is 40.0 Å². The fourth-order valence-electron chi connectivity index (χ4n) is 2.37. The van der Waals surface area contributed by atoms with Crippen molar-refractivity contribution in [2.24, 2.45) is 11.7 Å². The molecular weight excluding hydrogens is 388 g/mol. The minimum atomic E-state index is -1.45. The van der Waals surface area contributed by atoms with E-state index in [-0.39, 0.29) is 6.42 Å². The van der Waals surface area contributed by atoms with E-state index in [9.17, 15) is 34.2 Å². The van der Waals surface area contributed by atoms with Gasteiger partial charge < -0.3 is 37.0 Å². The predicted octanol–water partition coefficient (Wildman–Crippen LogP) is -2.22. The fourth-order valence-corrected chi connectivity index (χ4v) is 2.37. The van der Waals surface area contributed by atoms with Crippen molar-refractivity contribution in [3.05, 3.63) is 0 Å². The highest BCUT2D eigenvalue weighted by atomic mass is 16.4. The first kappa shape index (κ1) is 26.3. The zero-order valence-corrected chi connectivity index (χ0v) is 16.7. The smallest absolute Gasteiger partial charge is 0.326 e. The molecule has 8 N–H and O–H groups in total. The van der Waals surface area contributed by atoms with E-state index in [0.29, 0.717) is 6.42 Å². The Morgan fingerprint density at radius 2 is 1.48 bits per heavy atom. The lowest BCUT2D eigenvalue weighted by Crippen LogP contribution is -2.60. The van der Waals surface area contributed by atoms with Crippen molar-refractivity contribution in [1.29, 1.82) is 0 Å². The summed E-state index contributed by atoms with van der Waals surface area (Å²) in [6, 6.07) is -3.99. The SMILES string of the molecule is CCC(C)C(NC(=O)C(NC(=O)CN)C(C)O)C(=O)NC(CCC(=O)O)C(=O)O. The van der Waals surface area contributed by atoms with E-state index >= 15 is 0 Å². The second kappa shape index (κ2) is 12.7. The zero-order chi connectivity index (χ0) is 22.7. The molecule has 0 aliphatic rings. The van der Waals surface area contributed by atoms with Gasteiger partial charge in [-0.25, -0.2) is 4.79 Å². The van der Waals surface area contributed by atoms with Gasteiger partial charge in [0.25, 0.3) is 0 Å². The molecule has 12 heteroatoms. The lowest BCUT2D eigenvalue weighted by molar-refractivity contribution is -0.143. The highest BCUT2D eigenvalue weighted by Gasteiger charge is 2.33. The molecule has 3 amide bonds. The van der Waals surface area contributed by atoms with Crippen LogP contribution in [-0.2, 0) is 24.0 Å². The molecule has 0 bridgehead atoms. The van der Waals surface area contributed by atoms with Gasteiger partial charge in [0.05, 0.1) is 12.6 Å². The van der Waals surface area contributed by atoms with Crippen molar-refractivity contribution in [3.8, 4) is 0 Å². The van der Waals surface area contributed by atoms with Crippen molar-refractivity contribution in [2.75, 3.05) is 6.54 Å². The molecule has 0 saturated heterocycles. The summed E-state index contributed by atoms with van der Waals surface area (Å²) in [5, 5.41) is 34.5. The number of aliphatic hydroxyl groups excluding tert-OH is 1. The Hall–Kier alpha value is -2.73. The molecule has 29 heavy (non-hydrogen) atoms. The van der Waals surface area contributed by atoms with Crippen LogP contribution in [0.3, 0.4) is 0 Å². The van der Waals surface area contributed by atoms with E-state index in [2.05, 4.69) is 16.0 Å². The topological polar surface area (TPSA) is 208 Å². The number of nitrogens with one attached hydrogen (secondary N) is 3. The molecule has 0 saturated carbocycles. The second-order valence-electron chi connectivity index (χ2n) is 6.69. The van der Waals surface area contributed by atoms with Gasteiger partial charge in [-0.15, -0.1) is 0 Å². The van der Waals surface area contributed by atoms with Gasteiger partial charge in [0.1, 0.15) is 18.1 Å². The van der Waals surface area contributed by atoms with Crippen LogP contribution in [0.15, 0.2) is 0 Å². The lowest BCUT2D eigenvalue weighted by Gasteiger charge is -2.28. The highest BCUT2D eigenvalue weighted by molar-refractivity contribution is 5.94. The Labute approximate surface area is 168 Å². The quantitative estimate of drug-likeness (QED) is 0.172. The standard InChI is InChI=1S/C17H30N4O8/c1-4-8(2)13(15(26)19-10(17(28)29)5-6-12(24)25)21-16(27)14(9(3)22)20-11(23)7-18/h8-10,13-14,22H,4-7,18H2,1-3H3,(H,19,26)(H,20,23)(H,21,27)(H,24,25)(H,28,29). The maximum absolute atomic E-state index is 12.6. The largest absolute Gasteiger partial charge is 0.481 e. The molecule has 5 atom stereocenters. The third-order valence-corrected chi connectivity index (χ3v) is 4.32. The number of aliphatic hydroxyl groups is 1. The summed E-state index contributed by atoms with van der Waals surface area (Å²) in [5.74, 6) is -5.40. The van der Waals surface area contributed by atoms with E-state index < -0.39 is 72.8 Å². The average molecular weight is 418 g/mol. The number of carboxylic acid groups (broad SMARTS) is 2. The summed E-state index contributed by atoms with van der Waals surface area (Å²) in [7, 11) is 0. The first-order valence-electron chi connectivity index (χ1n) is 9.17. The van der Waals surface area contributed by atoms with Gasteiger partial charge in [0, 0.05) is 6.42 Å². The van der Waals surface area contributed by atoms with Crippen LogP contribution in [0, 0.1) is 5.92 Å². The maximum atomic E-state index is 12.6. The predicted molar refractivity (Wildman–Crippen MR) is 100 cm³/mol. The van der Waals surface area contributed by atoms with Crippen LogP contribution in [-0.4, -0.2) is 75.8 Å². The third kappa shape index (κ3) is 9.34. The Balaban J connectivity index is 5.38. The Bertz CT molecular complexity index is 610. The Kier molecular flexibility index (Phi) is 11.5. The molecule has 166 valence electrons. The van der Waals surface area contributed by atoms with E-state index in [1.54, 1.807) is 13.8 Å². The van der Waals surface area contributed by atoms with Crippen LogP contribution < -0.4 is 21.7 Å². The molecular formula is C17H30N4O8. The monoisotopic (exact) mass is 418 g/mol. The Morgan fingerprint density at radius 3 is 1.90 bits per heavy atom. The van der Waals surface area contributed by atoms with Crippen molar-refractivity contribution >= 4 is 29.7 Å². The molecule has 0 fully saturated rings. The summed E-state index contributed by atoms with van der Waals surface area (Å²) in [5.41, 5.74) is 5.19. The molecule has 0 aromatic carbocycles. The van der Waals surface area contributed by atoms with Crippen LogP contribution in [0.5, 0.6) is 0 Å². The summed E-state index contributed by atoms with van der Waals surface area (Å²) >= 11 is 0. The number of hydrogen-bond donors (Lipinski definition) is 7. The van der Waals surface area contributed by atoms with E-state index in [0.717, 1.165) is 0 Å². The van der Waals surface area contributed by atoms with Crippen molar-refractivity contribution < 1.29 is 39.3 Å². The number of rotatable bonds is 13. The molecule has 0 aliphatic heterocycles. The summed E-state index contributed by atoms with van der Waals surface area (Å²) in [6.07, 6.45) is -1.64. The van der Waals surface area contributed by atoms with Crippen molar-refractivity contribution in [2.45, 2.75) is 64.3 Å². The van der Waals surface area contributed by atoms with Gasteiger partial charge in [-0.05, 0) is 19.3 Å². The van der Waals surface area contributed by atoms with Gasteiger partial charge in [-0.2, -0.15) is 0 Å². The van der Waals surface area contributed by atoms with Gasteiger partial charge in [-0.1, -0.05) is 20.3 Å². The van der Waals surface area contributed by atoms with Crippen LogP contribution in [0.2, 0.25) is 0 Å². The molecule has 5 unspecified atom stereocenters. The minimum Gasteiger partial charge on any atom is -0.481 e. The molecule has 0 aromatic heterocycles. The number of nitrogens with two attached hydrogens (primary N) is 1. The highest BCUT2D eigenvalue weighted by Crippen LogP contribution is 2.10. The summed E-state index contributed by atoms with van der Waals surface area (Å²) in [4.78, 5) is 58.5. The number of aliphatic carboxylic acids is 2. The van der Waals surface area contributed by atoms with Gasteiger partial charge >= 0.3 is 11.9 Å². The van der Waals surface area contributed by atoms with Crippen LogP contribution in [0.25, 0.3) is 0 Å². The molecule has 0 rings (SSSR count).